The van der Waals surface area contributed by atoms with E-state index in [2.05, 4.69) is 10.2 Å². The third kappa shape index (κ3) is 5.81. The first-order chi connectivity index (χ1) is 8.05. The highest BCUT2D eigenvalue weighted by molar-refractivity contribution is 7.91. The van der Waals surface area contributed by atoms with E-state index in [0.717, 1.165) is 39.3 Å². The van der Waals surface area contributed by atoms with E-state index in [0.29, 0.717) is 11.5 Å². The molecule has 1 saturated heterocycles. The van der Waals surface area contributed by atoms with Crippen molar-refractivity contribution in [2.75, 3.05) is 51.4 Å². The molecule has 0 radical (unpaired) electrons. The first-order valence-electron chi connectivity index (χ1n) is 6.24. The third-order valence-corrected chi connectivity index (χ3v) is 4.85. The van der Waals surface area contributed by atoms with Crippen molar-refractivity contribution in [1.29, 1.82) is 0 Å². The van der Waals surface area contributed by atoms with Crippen LogP contribution in [-0.4, -0.2) is 70.8 Å². The number of sulfone groups is 1. The molecule has 1 N–H and O–H groups in total. The molecule has 1 aliphatic heterocycles. The van der Waals surface area contributed by atoms with E-state index in [4.69, 9.17) is 4.74 Å². The molecule has 17 heavy (non-hydrogen) atoms. The maximum atomic E-state index is 11.3. The van der Waals surface area contributed by atoms with Crippen LogP contribution in [-0.2, 0) is 14.6 Å². The third-order valence-electron chi connectivity index (χ3n) is 3.10. The summed E-state index contributed by atoms with van der Waals surface area (Å²) in [5.74, 6) is 0.669. The molecule has 102 valence electrons. The molecule has 0 aromatic rings. The second-order valence-electron chi connectivity index (χ2n) is 4.48. The van der Waals surface area contributed by atoms with Gasteiger partial charge in [-0.1, -0.05) is 0 Å². The first kappa shape index (κ1) is 14.9. The topological polar surface area (TPSA) is 58.6 Å². The van der Waals surface area contributed by atoms with E-state index < -0.39 is 9.84 Å². The fourth-order valence-corrected chi connectivity index (χ4v) is 3.78. The number of rotatable bonds is 8. The van der Waals surface area contributed by atoms with Crippen LogP contribution in [0.25, 0.3) is 0 Å². The maximum Gasteiger partial charge on any atom is 0.151 e. The highest BCUT2D eigenvalue weighted by Crippen LogP contribution is 2.15. The fraction of sp³-hybridized carbons (Fsp3) is 1.00. The maximum absolute atomic E-state index is 11.3. The van der Waals surface area contributed by atoms with Gasteiger partial charge in [-0.25, -0.2) is 8.42 Å². The second-order valence-corrected chi connectivity index (χ2v) is 6.71. The molecule has 1 unspecified atom stereocenters. The van der Waals surface area contributed by atoms with Crippen molar-refractivity contribution in [3.8, 4) is 0 Å². The predicted molar refractivity (Wildman–Crippen MR) is 69.1 cm³/mol. The molecule has 1 aliphatic rings. The molecule has 1 atom stereocenters. The van der Waals surface area contributed by atoms with Crippen LogP contribution in [0, 0.1) is 0 Å². The summed E-state index contributed by atoms with van der Waals surface area (Å²) in [7, 11) is -0.769. The average molecular weight is 264 g/mol. The molecule has 0 bridgehead atoms. The van der Waals surface area contributed by atoms with Gasteiger partial charge in [0.2, 0.25) is 0 Å². The Balaban J connectivity index is 2.07. The van der Waals surface area contributed by atoms with E-state index in [9.17, 15) is 8.42 Å². The lowest BCUT2D eigenvalue weighted by atomic mass is 10.2. The summed E-state index contributed by atoms with van der Waals surface area (Å²) >= 11 is 0. The standard InChI is InChI=1S/C11H24N2O3S/c1-3-16-8-6-12-5-7-13(2)11-4-9-17(14,15)10-11/h11-12H,3-10H2,1-2H3. The minimum atomic E-state index is -2.77. The minimum Gasteiger partial charge on any atom is -0.380 e. The van der Waals surface area contributed by atoms with Gasteiger partial charge in [-0.3, -0.25) is 0 Å². The summed E-state index contributed by atoms with van der Waals surface area (Å²) in [6.45, 7) is 6.07. The van der Waals surface area contributed by atoms with Crippen molar-refractivity contribution >= 4 is 9.84 Å². The van der Waals surface area contributed by atoms with Gasteiger partial charge in [0.15, 0.2) is 9.84 Å². The molecule has 0 aromatic heterocycles. The molecule has 0 spiro atoms. The van der Waals surface area contributed by atoms with E-state index in [1.165, 1.54) is 0 Å². The lowest BCUT2D eigenvalue weighted by Crippen LogP contribution is -2.38. The van der Waals surface area contributed by atoms with Crippen LogP contribution in [0.4, 0.5) is 0 Å². The number of ether oxygens (including phenoxy) is 1. The zero-order valence-corrected chi connectivity index (χ0v) is 11.6. The first-order valence-corrected chi connectivity index (χ1v) is 8.06. The zero-order valence-electron chi connectivity index (χ0n) is 10.8. The van der Waals surface area contributed by atoms with Crippen molar-refractivity contribution < 1.29 is 13.2 Å². The van der Waals surface area contributed by atoms with Crippen LogP contribution in [0.5, 0.6) is 0 Å². The normalized spacial score (nSPS) is 23.4. The predicted octanol–water partition coefficient (Wildman–Crippen LogP) is -0.269. The molecule has 0 aromatic carbocycles. The van der Waals surface area contributed by atoms with Crippen molar-refractivity contribution in [3.63, 3.8) is 0 Å². The van der Waals surface area contributed by atoms with Crippen LogP contribution in [0.3, 0.4) is 0 Å². The molecule has 1 rings (SSSR count). The molecule has 0 amide bonds. The largest absolute Gasteiger partial charge is 0.380 e. The van der Waals surface area contributed by atoms with E-state index in [1.54, 1.807) is 0 Å². The Morgan fingerprint density at radius 3 is 2.76 bits per heavy atom. The van der Waals surface area contributed by atoms with Crippen molar-refractivity contribution in [1.82, 2.24) is 10.2 Å². The molecule has 6 heteroatoms. The molecule has 1 heterocycles. The second kappa shape index (κ2) is 7.31. The van der Waals surface area contributed by atoms with Gasteiger partial charge in [-0.15, -0.1) is 0 Å². The Hall–Kier alpha value is -0.170. The van der Waals surface area contributed by atoms with E-state index in [-0.39, 0.29) is 6.04 Å². The average Bonchev–Trinajstić information content (AvgIpc) is 2.64. The lowest BCUT2D eigenvalue weighted by molar-refractivity contribution is 0.148. The Bertz CT molecular complexity index is 306. The summed E-state index contributed by atoms with van der Waals surface area (Å²) in [4.78, 5) is 2.14. The smallest absolute Gasteiger partial charge is 0.151 e. The molecule has 1 fully saturated rings. The van der Waals surface area contributed by atoms with Crippen LogP contribution in [0.2, 0.25) is 0 Å². The van der Waals surface area contributed by atoms with E-state index in [1.807, 2.05) is 14.0 Å². The summed E-state index contributed by atoms with van der Waals surface area (Å²) in [6.07, 6.45) is 0.776. The van der Waals surface area contributed by atoms with Gasteiger partial charge < -0.3 is 15.0 Å². The van der Waals surface area contributed by atoms with Gasteiger partial charge in [0.05, 0.1) is 18.1 Å². The summed E-state index contributed by atoms with van der Waals surface area (Å²) in [5.41, 5.74) is 0. The summed E-state index contributed by atoms with van der Waals surface area (Å²) in [6, 6.07) is 0.202. The van der Waals surface area contributed by atoms with Crippen LogP contribution in [0.15, 0.2) is 0 Å². The molecule has 0 aliphatic carbocycles. The summed E-state index contributed by atoms with van der Waals surface area (Å²) in [5, 5.41) is 3.28. The van der Waals surface area contributed by atoms with Gasteiger partial charge in [-0.05, 0) is 20.4 Å². The van der Waals surface area contributed by atoms with Gasteiger partial charge in [0.25, 0.3) is 0 Å². The van der Waals surface area contributed by atoms with Crippen LogP contribution < -0.4 is 5.32 Å². The van der Waals surface area contributed by atoms with Crippen LogP contribution >= 0.6 is 0 Å². The van der Waals surface area contributed by atoms with E-state index >= 15 is 0 Å². The zero-order chi connectivity index (χ0) is 12.7. The van der Waals surface area contributed by atoms with Crippen LogP contribution in [0.1, 0.15) is 13.3 Å². The number of nitrogens with one attached hydrogen (secondary N) is 1. The Morgan fingerprint density at radius 1 is 1.41 bits per heavy atom. The Morgan fingerprint density at radius 2 is 2.18 bits per heavy atom. The highest BCUT2D eigenvalue weighted by atomic mass is 32.2. The van der Waals surface area contributed by atoms with Gasteiger partial charge in [0.1, 0.15) is 0 Å². The SMILES string of the molecule is CCOCCNCCN(C)C1CCS(=O)(=O)C1. The van der Waals surface area contributed by atoms with Gasteiger partial charge in [0, 0.05) is 32.3 Å². The quantitative estimate of drug-likeness (QED) is 0.612. The number of hydrogen-bond acceptors (Lipinski definition) is 5. The lowest BCUT2D eigenvalue weighted by Gasteiger charge is -2.23. The molecule has 0 saturated carbocycles. The molecular weight excluding hydrogens is 240 g/mol. The molecule has 5 nitrogen and oxygen atoms in total. The van der Waals surface area contributed by atoms with Crippen molar-refractivity contribution in [2.45, 2.75) is 19.4 Å². The number of nitrogens with zero attached hydrogens (tertiary/aromatic N) is 1. The minimum absolute atomic E-state index is 0.202. The number of likely N-dealkylation sites (N-methyl/N-ethyl adjacent to an activating group) is 1. The van der Waals surface area contributed by atoms with Crippen molar-refractivity contribution in [2.24, 2.45) is 0 Å². The Kier molecular flexibility index (Phi) is 6.40. The Labute approximate surface area is 104 Å². The van der Waals surface area contributed by atoms with Gasteiger partial charge in [-0.2, -0.15) is 0 Å². The monoisotopic (exact) mass is 264 g/mol. The van der Waals surface area contributed by atoms with Crippen molar-refractivity contribution in [3.05, 3.63) is 0 Å². The van der Waals surface area contributed by atoms with Gasteiger partial charge >= 0.3 is 0 Å². The fourth-order valence-electron chi connectivity index (χ4n) is 1.97. The number of hydrogen-bond donors (Lipinski definition) is 1. The summed E-state index contributed by atoms with van der Waals surface area (Å²) < 4.78 is 27.9. The highest BCUT2D eigenvalue weighted by Gasteiger charge is 2.30. The molecular formula is C11H24N2O3S.